The van der Waals surface area contributed by atoms with Crippen LogP contribution in [0.25, 0.3) is 5.76 Å². The van der Waals surface area contributed by atoms with E-state index in [2.05, 4.69) is 6.92 Å². The molecule has 2 aromatic carbocycles. The van der Waals surface area contributed by atoms with Crippen LogP contribution in [0.1, 0.15) is 55.3 Å². The van der Waals surface area contributed by atoms with E-state index in [4.69, 9.17) is 9.47 Å². The number of ketones is 1. The van der Waals surface area contributed by atoms with Gasteiger partial charge in [-0.2, -0.15) is 0 Å². The third kappa shape index (κ3) is 3.74. The predicted octanol–water partition coefficient (Wildman–Crippen LogP) is 4.63. The Kier molecular flexibility index (Phi) is 6.21. The summed E-state index contributed by atoms with van der Waals surface area (Å²) in [5.74, 6) is -0.431. The third-order valence-corrected chi connectivity index (χ3v) is 6.56. The highest BCUT2D eigenvalue weighted by Gasteiger charge is 2.49. The fourth-order valence-corrected chi connectivity index (χ4v) is 4.81. The first-order valence-electron chi connectivity index (χ1n) is 11.1. The number of Topliss-reactive ketones (excluding diaryl/α,β-unsaturated/α-hetero) is 1. The van der Waals surface area contributed by atoms with Crippen molar-refractivity contribution in [3.63, 3.8) is 0 Å². The molecule has 1 aliphatic carbocycles. The molecule has 1 aliphatic heterocycles. The highest BCUT2D eigenvalue weighted by Crippen LogP contribution is 2.44. The van der Waals surface area contributed by atoms with Crippen molar-refractivity contribution in [2.24, 2.45) is 0 Å². The number of carbonyl (C=O) groups excluding carboxylic acids is 2. The maximum absolute atomic E-state index is 13.2. The zero-order valence-electron chi connectivity index (χ0n) is 18.8. The van der Waals surface area contributed by atoms with E-state index >= 15 is 0 Å². The predicted molar refractivity (Wildman–Crippen MR) is 122 cm³/mol. The van der Waals surface area contributed by atoms with E-state index < -0.39 is 17.7 Å². The van der Waals surface area contributed by atoms with Gasteiger partial charge in [0.05, 0.1) is 25.8 Å². The van der Waals surface area contributed by atoms with Gasteiger partial charge in [-0.05, 0) is 48.6 Å². The zero-order valence-corrected chi connectivity index (χ0v) is 18.8. The molecule has 1 atom stereocenters. The number of hydrogen-bond donors (Lipinski definition) is 1. The molecule has 1 heterocycles. The van der Waals surface area contributed by atoms with E-state index in [0.29, 0.717) is 17.1 Å². The number of aryl methyl sites for hydroxylation is 1. The van der Waals surface area contributed by atoms with Gasteiger partial charge in [-0.15, -0.1) is 0 Å². The molecule has 168 valence electrons. The Balaban J connectivity index is 1.87. The molecular weight excluding hydrogens is 406 g/mol. The largest absolute Gasteiger partial charge is 0.507 e. The molecule has 2 aliphatic rings. The fourth-order valence-electron chi connectivity index (χ4n) is 4.81. The van der Waals surface area contributed by atoms with Gasteiger partial charge in [0.25, 0.3) is 11.7 Å². The summed E-state index contributed by atoms with van der Waals surface area (Å²) in [6.07, 6.45) is 4.70. The minimum Gasteiger partial charge on any atom is -0.507 e. The van der Waals surface area contributed by atoms with Gasteiger partial charge >= 0.3 is 0 Å². The summed E-state index contributed by atoms with van der Waals surface area (Å²) < 4.78 is 10.6. The Labute approximate surface area is 188 Å². The topological polar surface area (TPSA) is 76.1 Å². The Morgan fingerprint density at radius 1 is 1.00 bits per heavy atom. The number of methoxy groups -OCH3 is 2. The maximum Gasteiger partial charge on any atom is 0.295 e. The van der Waals surface area contributed by atoms with Crippen molar-refractivity contribution in [2.75, 3.05) is 14.2 Å². The Morgan fingerprint density at radius 2 is 1.66 bits per heavy atom. The van der Waals surface area contributed by atoms with E-state index in [-0.39, 0.29) is 17.4 Å². The van der Waals surface area contributed by atoms with Crippen molar-refractivity contribution in [3.05, 3.63) is 64.7 Å². The van der Waals surface area contributed by atoms with Gasteiger partial charge in [-0.25, -0.2) is 0 Å². The Hall–Kier alpha value is -3.28. The summed E-state index contributed by atoms with van der Waals surface area (Å²) in [5.41, 5.74) is 2.53. The SMILES string of the molecule is CCc1ccc(C2/C(=C(/O)c3ccc(OC)c(OC)c3)C(=O)C(=O)N2C2CCCC2)cc1. The molecule has 0 aromatic heterocycles. The number of hydrogen-bond acceptors (Lipinski definition) is 5. The lowest BCUT2D eigenvalue weighted by Crippen LogP contribution is -2.37. The van der Waals surface area contributed by atoms with Crippen molar-refractivity contribution in [3.8, 4) is 11.5 Å². The molecule has 1 saturated carbocycles. The Bertz CT molecular complexity index is 1050. The zero-order chi connectivity index (χ0) is 22.8. The molecule has 32 heavy (non-hydrogen) atoms. The van der Waals surface area contributed by atoms with Crippen molar-refractivity contribution in [1.29, 1.82) is 0 Å². The van der Waals surface area contributed by atoms with Crippen LogP contribution in [0.5, 0.6) is 11.5 Å². The molecule has 1 amide bonds. The van der Waals surface area contributed by atoms with Crippen LogP contribution >= 0.6 is 0 Å². The number of likely N-dealkylation sites (tertiary alicyclic amines) is 1. The fraction of sp³-hybridized carbons (Fsp3) is 0.385. The van der Waals surface area contributed by atoms with E-state index in [9.17, 15) is 14.7 Å². The first-order valence-corrected chi connectivity index (χ1v) is 11.1. The number of nitrogens with zero attached hydrogens (tertiary/aromatic N) is 1. The molecule has 0 radical (unpaired) electrons. The van der Waals surface area contributed by atoms with Gasteiger partial charge in [0, 0.05) is 11.6 Å². The number of ether oxygens (including phenoxy) is 2. The van der Waals surface area contributed by atoms with Gasteiger partial charge in [0.15, 0.2) is 11.5 Å². The lowest BCUT2D eigenvalue weighted by Gasteiger charge is -2.30. The molecule has 6 heteroatoms. The summed E-state index contributed by atoms with van der Waals surface area (Å²) in [4.78, 5) is 28.1. The van der Waals surface area contributed by atoms with Gasteiger partial charge < -0.3 is 19.5 Å². The molecule has 2 aromatic rings. The maximum atomic E-state index is 13.2. The molecular formula is C26H29NO5. The summed E-state index contributed by atoms with van der Waals surface area (Å²) >= 11 is 0. The molecule has 0 spiro atoms. The quantitative estimate of drug-likeness (QED) is 0.407. The molecule has 1 saturated heterocycles. The van der Waals surface area contributed by atoms with Crippen LogP contribution in [0.3, 0.4) is 0 Å². The first kappa shape index (κ1) is 21.9. The van der Waals surface area contributed by atoms with Crippen LogP contribution in [0.15, 0.2) is 48.0 Å². The third-order valence-electron chi connectivity index (χ3n) is 6.56. The standard InChI is InChI=1S/C26H29NO5/c1-4-16-9-11-17(12-10-16)23-22(25(29)26(30)27(23)19-7-5-6-8-19)24(28)18-13-14-20(31-2)21(15-18)32-3/h9-15,19,23,28H,4-8H2,1-3H3/b24-22-. The number of carbonyl (C=O) groups is 2. The second-order valence-corrected chi connectivity index (χ2v) is 8.31. The smallest absolute Gasteiger partial charge is 0.295 e. The van der Waals surface area contributed by atoms with Gasteiger partial charge in [-0.1, -0.05) is 44.0 Å². The lowest BCUT2D eigenvalue weighted by molar-refractivity contribution is -0.141. The van der Waals surface area contributed by atoms with Crippen molar-refractivity contribution in [2.45, 2.75) is 51.1 Å². The van der Waals surface area contributed by atoms with Crippen LogP contribution in [0.2, 0.25) is 0 Å². The minimum absolute atomic E-state index is 0.00185. The average molecular weight is 436 g/mol. The Morgan fingerprint density at radius 3 is 2.25 bits per heavy atom. The van der Waals surface area contributed by atoms with Gasteiger partial charge in [-0.3, -0.25) is 9.59 Å². The van der Waals surface area contributed by atoms with Crippen molar-refractivity contribution < 1.29 is 24.2 Å². The minimum atomic E-state index is -0.645. The van der Waals surface area contributed by atoms with E-state index in [0.717, 1.165) is 37.7 Å². The molecule has 4 rings (SSSR count). The van der Waals surface area contributed by atoms with Crippen LogP contribution in [-0.2, 0) is 16.0 Å². The molecule has 1 unspecified atom stereocenters. The lowest BCUT2D eigenvalue weighted by atomic mass is 9.93. The summed E-state index contributed by atoms with van der Waals surface area (Å²) in [6.45, 7) is 2.08. The van der Waals surface area contributed by atoms with Gasteiger partial charge in [0.2, 0.25) is 0 Å². The van der Waals surface area contributed by atoms with Crippen LogP contribution in [0.4, 0.5) is 0 Å². The average Bonchev–Trinajstić information content (AvgIpc) is 3.45. The van der Waals surface area contributed by atoms with Crippen LogP contribution in [0, 0.1) is 0 Å². The normalized spacial score (nSPS) is 20.7. The second-order valence-electron chi connectivity index (χ2n) is 8.31. The molecule has 6 nitrogen and oxygen atoms in total. The number of aliphatic hydroxyl groups excluding tert-OH is 1. The molecule has 2 fully saturated rings. The number of aliphatic hydroxyl groups is 1. The van der Waals surface area contributed by atoms with E-state index in [1.54, 1.807) is 23.1 Å². The summed E-state index contributed by atoms with van der Waals surface area (Å²) in [6, 6.07) is 12.3. The monoisotopic (exact) mass is 435 g/mol. The highest BCUT2D eigenvalue weighted by atomic mass is 16.5. The molecule has 1 N–H and O–H groups in total. The first-order chi connectivity index (χ1) is 15.5. The number of rotatable bonds is 6. The van der Waals surface area contributed by atoms with Crippen molar-refractivity contribution >= 4 is 17.4 Å². The van der Waals surface area contributed by atoms with Gasteiger partial charge in [0.1, 0.15) is 5.76 Å². The van der Waals surface area contributed by atoms with E-state index in [1.807, 2.05) is 24.3 Å². The highest BCUT2D eigenvalue weighted by molar-refractivity contribution is 6.46. The second kappa shape index (κ2) is 9.07. The summed E-state index contributed by atoms with van der Waals surface area (Å²) in [7, 11) is 3.04. The van der Waals surface area contributed by atoms with Crippen LogP contribution in [-0.4, -0.2) is 42.0 Å². The van der Waals surface area contributed by atoms with Crippen molar-refractivity contribution in [1.82, 2.24) is 4.90 Å². The van der Waals surface area contributed by atoms with Crippen LogP contribution < -0.4 is 9.47 Å². The van der Waals surface area contributed by atoms with E-state index in [1.165, 1.54) is 19.8 Å². The number of amides is 1. The molecule has 0 bridgehead atoms. The summed E-state index contributed by atoms with van der Waals surface area (Å²) in [5, 5.41) is 11.3. The number of benzene rings is 2.